The summed E-state index contributed by atoms with van der Waals surface area (Å²) >= 11 is 0. The number of methoxy groups -OCH3 is 1. The van der Waals surface area contributed by atoms with Gasteiger partial charge in [0.15, 0.2) is 11.6 Å². The van der Waals surface area contributed by atoms with Crippen LogP contribution < -0.4 is 0 Å². The Labute approximate surface area is 190 Å². The molecule has 0 radical (unpaired) electrons. The zero-order chi connectivity index (χ0) is 22.4. The Hall–Kier alpha value is -0.970. The van der Waals surface area contributed by atoms with Crippen LogP contribution in [0, 0.1) is 0 Å². The molecule has 4 nitrogen and oxygen atoms in total. The summed E-state index contributed by atoms with van der Waals surface area (Å²) in [5, 5.41) is 10.6. The molecule has 2 atom stereocenters. The number of aliphatic hydroxyl groups excluding tert-OH is 1. The van der Waals surface area contributed by atoms with Crippen LogP contribution in [0.25, 0.3) is 0 Å². The number of carbonyl (C=O) groups excluding carboxylic acids is 1. The predicted octanol–water partition coefficient (Wildman–Crippen LogP) is 6.81. The van der Waals surface area contributed by atoms with E-state index in [9.17, 15) is 9.90 Å². The van der Waals surface area contributed by atoms with Gasteiger partial charge < -0.3 is 14.6 Å². The minimum Gasteiger partial charge on any atom is -0.393 e. The van der Waals surface area contributed by atoms with E-state index in [-0.39, 0.29) is 5.78 Å². The average Bonchev–Trinajstić information content (AvgIpc) is 3.12. The van der Waals surface area contributed by atoms with Gasteiger partial charge in [0.05, 0.1) is 6.10 Å². The summed E-state index contributed by atoms with van der Waals surface area (Å²) in [6, 6.07) is 0. The van der Waals surface area contributed by atoms with Gasteiger partial charge in [-0.1, -0.05) is 90.4 Å². The molecule has 0 bridgehead atoms. The van der Waals surface area contributed by atoms with Crippen molar-refractivity contribution in [1.29, 1.82) is 0 Å². The molecule has 1 fully saturated rings. The number of ketones is 1. The fourth-order valence-corrected chi connectivity index (χ4v) is 4.86. The van der Waals surface area contributed by atoms with Gasteiger partial charge in [0, 0.05) is 20.0 Å². The second-order valence-electron chi connectivity index (χ2n) is 9.63. The van der Waals surface area contributed by atoms with E-state index in [1.165, 1.54) is 77.0 Å². The molecule has 0 amide bonds. The molecule has 0 aromatic carbocycles. The lowest BCUT2D eigenvalue weighted by Gasteiger charge is -2.33. The first-order chi connectivity index (χ1) is 15.0. The summed E-state index contributed by atoms with van der Waals surface area (Å²) in [5.74, 6) is -0.767. The summed E-state index contributed by atoms with van der Waals surface area (Å²) in [5.41, 5.74) is -0.556. The normalized spacial score (nSPS) is 23.1. The molecule has 0 aromatic heterocycles. The Morgan fingerprint density at radius 2 is 1.42 bits per heavy atom. The fourth-order valence-electron chi connectivity index (χ4n) is 4.86. The van der Waals surface area contributed by atoms with Crippen LogP contribution in [0.3, 0.4) is 0 Å². The van der Waals surface area contributed by atoms with Crippen molar-refractivity contribution in [3.05, 3.63) is 24.3 Å². The number of unbranched alkanes of at least 4 members (excludes halogenated alkanes) is 12. The predicted molar refractivity (Wildman–Crippen MR) is 127 cm³/mol. The lowest BCUT2D eigenvalue weighted by molar-refractivity contribution is -0.233. The number of allylic oxidation sites excluding steroid dienone is 2. The van der Waals surface area contributed by atoms with E-state index >= 15 is 0 Å². The number of ether oxygens (including phenoxy) is 2. The highest BCUT2D eigenvalue weighted by Gasteiger charge is 2.48. The van der Waals surface area contributed by atoms with Crippen LogP contribution >= 0.6 is 0 Å². The SMILES string of the molecule is CCCCCCCCCCCCCCCC(O)CC1(OC)CCC2(C=CC(=O)C=C2)O1. The fraction of sp³-hybridized carbons (Fsp3) is 0.815. The van der Waals surface area contributed by atoms with Gasteiger partial charge in [0.25, 0.3) is 0 Å². The lowest BCUT2D eigenvalue weighted by atomic mass is 9.93. The van der Waals surface area contributed by atoms with Gasteiger partial charge in [-0.25, -0.2) is 0 Å². The van der Waals surface area contributed by atoms with Crippen molar-refractivity contribution in [1.82, 2.24) is 0 Å². The third kappa shape index (κ3) is 9.59. The van der Waals surface area contributed by atoms with Crippen molar-refractivity contribution in [3.8, 4) is 0 Å². The molecule has 1 aliphatic carbocycles. The van der Waals surface area contributed by atoms with E-state index in [4.69, 9.17) is 9.47 Å². The lowest BCUT2D eigenvalue weighted by Crippen LogP contribution is -2.39. The Balaban J connectivity index is 1.50. The Bertz CT molecular complexity index is 552. The third-order valence-electron chi connectivity index (χ3n) is 6.89. The molecule has 1 heterocycles. The highest BCUT2D eigenvalue weighted by atomic mass is 16.7. The second-order valence-corrected chi connectivity index (χ2v) is 9.63. The van der Waals surface area contributed by atoms with Gasteiger partial charge in [-0.15, -0.1) is 0 Å². The molecule has 0 aromatic rings. The first-order valence-corrected chi connectivity index (χ1v) is 12.9. The van der Waals surface area contributed by atoms with E-state index in [0.29, 0.717) is 6.42 Å². The van der Waals surface area contributed by atoms with E-state index in [1.54, 1.807) is 19.3 Å². The van der Waals surface area contributed by atoms with Crippen molar-refractivity contribution in [2.24, 2.45) is 0 Å². The van der Waals surface area contributed by atoms with Gasteiger partial charge in [-0.05, 0) is 37.1 Å². The van der Waals surface area contributed by atoms with Gasteiger partial charge >= 0.3 is 0 Å². The van der Waals surface area contributed by atoms with Gasteiger partial charge in [0.1, 0.15) is 5.60 Å². The summed E-state index contributed by atoms with van der Waals surface area (Å²) in [6.07, 6.45) is 26.5. The van der Waals surface area contributed by atoms with Gasteiger partial charge in [-0.3, -0.25) is 4.79 Å². The van der Waals surface area contributed by atoms with E-state index in [2.05, 4.69) is 6.92 Å². The number of aliphatic hydroxyl groups is 1. The number of rotatable bonds is 17. The van der Waals surface area contributed by atoms with E-state index in [0.717, 1.165) is 25.7 Å². The largest absolute Gasteiger partial charge is 0.393 e. The summed E-state index contributed by atoms with van der Waals surface area (Å²) in [7, 11) is 1.65. The maximum Gasteiger partial charge on any atom is 0.178 e. The molecule has 0 saturated carbocycles. The average molecular weight is 435 g/mol. The van der Waals surface area contributed by atoms with Crippen molar-refractivity contribution in [3.63, 3.8) is 0 Å². The standard InChI is InChI=1S/C27H46O4/c1-3-4-5-6-7-8-9-10-11-12-13-14-15-16-25(29)23-27(30-2)22-21-26(31-27)19-17-24(28)18-20-26/h17-20,25,29H,3-16,21-23H2,1-2H3. The number of hydrogen-bond donors (Lipinski definition) is 1. The van der Waals surface area contributed by atoms with Crippen LogP contribution in [0.1, 0.15) is 116 Å². The molecule has 4 heteroatoms. The minimum absolute atomic E-state index is 0.00779. The molecule has 1 aliphatic heterocycles. The van der Waals surface area contributed by atoms with E-state index in [1.807, 2.05) is 12.2 Å². The highest BCUT2D eigenvalue weighted by molar-refractivity contribution is 6.00. The van der Waals surface area contributed by atoms with E-state index < -0.39 is 17.5 Å². The third-order valence-corrected chi connectivity index (χ3v) is 6.89. The molecular weight excluding hydrogens is 388 g/mol. The maximum atomic E-state index is 11.4. The minimum atomic E-state index is -0.759. The van der Waals surface area contributed by atoms with Crippen LogP contribution in [0.15, 0.2) is 24.3 Å². The maximum absolute atomic E-state index is 11.4. The Kier molecular flexibility index (Phi) is 12.1. The van der Waals surface area contributed by atoms with Crippen LogP contribution in [0.4, 0.5) is 0 Å². The smallest absolute Gasteiger partial charge is 0.178 e. The van der Waals surface area contributed by atoms with Crippen LogP contribution in [0.2, 0.25) is 0 Å². The number of hydrogen-bond acceptors (Lipinski definition) is 4. The summed E-state index contributed by atoms with van der Waals surface area (Å²) in [4.78, 5) is 11.4. The second kappa shape index (κ2) is 14.2. The van der Waals surface area contributed by atoms with Crippen molar-refractivity contribution in [2.45, 2.75) is 134 Å². The quantitative estimate of drug-likeness (QED) is 0.256. The number of carbonyl (C=O) groups is 1. The topological polar surface area (TPSA) is 55.8 Å². The zero-order valence-corrected chi connectivity index (χ0v) is 20.1. The molecule has 2 rings (SSSR count). The van der Waals surface area contributed by atoms with Crippen LogP contribution in [-0.2, 0) is 14.3 Å². The monoisotopic (exact) mass is 434 g/mol. The molecule has 2 unspecified atom stereocenters. The Morgan fingerprint density at radius 1 is 0.903 bits per heavy atom. The molecule has 1 spiro atoms. The molecule has 2 aliphatic rings. The highest BCUT2D eigenvalue weighted by Crippen LogP contribution is 2.44. The molecular formula is C27H46O4. The van der Waals surface area contributed by atoms with Crippen molar-refractivity contribution < 1.29 is 19.4 Å². The van der Waals surface area contributed by atoms with Gasteiger partial charge in [-0.2, -0.15) is 0 Å². The van der Waals surface area contributed by atoms with Gasteiger partial charge in [0.2, 0.25) is 0 Å². The van der Waals surface area contributed by atoms with Crippen LogP contribution in [0.5, 0.6) is 0 Å². The molecule has 31 heavy (non-hydrogen) atoms. The molecule has 1 N–H and O–H groups in total. The summed E-state index contributed by atoms with van der Waals surface area (Å²) < 4.78 is 12.0. The first kappa shape index (κ1) is 26.3. The van der Waals surface area contributed by atoms with Crippen molar-refractivity contribution >= 4 is 5.78 Å². The van der Waals surface area contributed by atoms with Crippen LogP contribution in [-0.4, -0.2) is 35.5 Å². The Morgan fingerprint density at radius 3 is 1.94 bits per heavy atom. The summed E-state index contributed by atoms with van der Waals surface area (Å²) in [6.45, 7) is 2.27. The first-order valence-electron chi connectivity index (χ1n) is 12.9. The molecule has 178 valence electrons. The zero-order valence-electron chi connectivity index (χ0n) is 20.1. The van der Waals surface area contributed by atoms with Crippen molar-refractivity contribution in [2.75, 3.05) is 7.11 Å². The molecule has 1 saturated heterocycles.